The SMILES string of the molecule is N=C=Nc1nc(N=C=N)nc(N=C=N)n1. The molecule has 9 heteroatoms. The van der Waals surface area contributed by atoms with Crippen molar-refractivity contribution in [2.24, 2.45) is 15.0 Å². The van der Waals surface area contributed by atoms with Crippen molar-refractivity contribution in [2.45, 2.75) is 0 Å². The summed E-state index contributed by atoms with van der Waals surface area (Å²) in [6, 6.07) is 5.18. The topological polar surface area (TPSA) is 147 Å². The van der Waals surface area contributed by atoms with Crippen LogP contribution in [-0.4, -0.2) is 33.0 Å². The molecule has 0 radical (unpaired) electrons. The van der Waals surface area contributed by atoms with E-state index in [4.69, 9.17) is 16.2 Å². The van der Waals surface area contributed by atoms with E-state index in [1.165, 1.54) is 0 Å². The van der Waals surface area contributed by atoms with Gasteiger partial charge in [0.2, 0.25) is 0 Å². The lowest BCUT2D eigenvalue weighted by Gasteiger charge is -1.92. The van der Waals surface area contributed by atoms with Gasteiger partial charge in [-0.05, 0) is 0 Å². The van der Waals surface area contributed by atoms with Gasteiger partial charge >= 0.3 is 0 Å². The average molecular weight is 201 g/mol. The minimum absolute atomic E-state index is 0.136. The summed E-state index contributed by atoms with van der Waals surface area (Å²) >= 11 is 0. The Balaban J connectivity index is 3.36. The van der Waals surface area contributed by atoms with Crippen LogP contribution in [0.4, 0.5) is 17.8 Å². The summed E-state index contributed by atoms with van der Waals surface area (Å²) < 4.78 is 0. The summed E-state index contributed by atoms with van der Waals surface area (Å²) in [4.78, 5) is 20.9. The Kier molecular flexibility index (Phi) is 3.41. The van der Waals surface area contributed by atoms with Crippen LogP contribution in [-0.2, 0) is 0 Å². The van der Waals surface area contributed by atoms with Crippen LogP contribution in [0.3, 0.4) is 0 Å². The van der Waals surface area contributed by atoms with E-state index < -0.39 is 0 Å². The molecule has 1 aromatic rings. The molecule has 0 saturated heterocycles. The van der Waals surface area contributed by atoms with Gasteiger partial charge in [-0.1, -0.05) is 0 Å². The summed E-state index contributed by atoms with van der Waals surface area (Å²) in [7, 11) is 0. The van der Waals surface area contributed by atoms with Gasteiger partial charge in [0, 0.05) is 0 Å². The molecule has 0 aliphatic rings. The van der Waals surface area contributed by atoms with E-state index in [0.29, 0.717) is 0 Å². The molecule has 0 atom stereocenters. The minimum Gasteiger partial charge on any atom is -0.241 e. The van der Waals surface area contributed by atoms with Crippen LogP contribution in [0.15, 0.2) is 15.0 Å². The number of hydrogen-bond donors (Lipinski definition) is 3. The molecule has 3 N–H and O–H groups in total. The van der Waals surface area contributed by atoms with Crippen molar-refractivity contribution in [1.82, 2.24) is 15.0 Å². The molecule has 0 aliphatic heterocycles. The lowest BCUT2D eigenvalue weighted by atomic mass is 10.8. The van der Waals surface area contributed by atoms with Crippen molar-refractivity contribution in [3.8, 4) is 0 Å². The second-order valence-corrected chi connectivity index (χ2v) is 1.91. The van der Waals surface area contributed by atoms with Crippen molar-refractivity contribution in [3.63, 3.8) is 0 Å². The number of nitrogens with zero attached hydrogens (tertiary/aromatic N) is 6. The minimum atomic E-state index is -0.136. The first kappa shape index (κ1) is 10.2. The van der Waals surface area contributed by atoms with Gasteiger partial charge in [0.15, 0.2) is 0 Å². The van der Waals surface area contributed by atoms with Crippen molar-refractivity contribution < 1.29 is 0 Å². The third-order valence-corrected chi connectivity index (χ3v) is 1.07. The van der Waals surface area contributed by atoms with Crippen molar-refractivity contribution in [2.75, 3.05) is 0 Å². The number of rotatable bonds is 3. The second kappa shape index (κ2) is 5.00. The van der Waals surface area contributed by atoms with Crippen molar-refractivity contribution in [1.29, 1.82) is 16.2 Å². The van der Waals surface area contributed by atoms with Gasteiger partial charge in [0.1, 0.15) is 0 Å². The predicted octanol–water partition coefficient (Wildman–Crippen LogP) is 1.02. The molecular formula is C6H3N9. The van der Waals surface area contributed by atoms with E-state index in [2.05, 4.69) is 29.9 Å². The van der Waals surface area contributed by atoms with Crippen LogP contribution in [0.1, 0.15) is 0 Å². The first-order valence-corrected chi connectivity index (χ1v) is 3.43. The van der Waals surface area contributed by atoms with Gasteiger partial charge in [0.05, 0.1) is 18.0 Å². The van der Waals surface area contributed by atoms with Crippen LogP contribution in [0.2, 0.25) is 0 Å². The number of aliphatic imine (C=N–C) groups is 3. The zero-order valence-corrected chi connectivity index (χ0v) is 7.18. The summed E-state index contributed by atoms with van der Waals surface area (Å²) in [5.41, 5.74) is 0. The molecule has 1 aromatic heterocycles. The van der Waals surface area contributed by atoms with E-state index >= 15 is 0 Å². The molecule has 0 saturated carbocycles. The molecular weight excluding hydrogens is 198 g/mol. The normalized spacial score (nSPS) is 8.00. The largest absolute Gasteiger partial charge is 0.265 e. The Labute approximate surface area is 82.9 Å². The fourth-order valence-electron chi connectivity index (χ4n) is 0.643. The molecule has 1 rings (SSSR count). The van der Waals surface area contributed by atoms with Crippen LogP contribution < -0.4 is 0 Å². The molecule has 0 aliphatic carbocycles. The molecule has 1 heterocycles. The quantitative estimate of drug-likeness (QED) is 0.626. The predicted molar refractivity (Wildman–Crippen MR) is 49.3 cm³/mol. The Hall–Kier alpha value is -2.85. The van der Waals surface area contributed by atoms with E-state index in [0.717, 1.165) is 0 Å². The third kappa shape index (κ3) is 2.83. The van der Waals surface area contributed by atoms with Gasteiger partial charge < -0.3 is 0 Å². The highest BCUT2D eigenvalue weighted by Crippen LogP contribution is 2.14. The van der Waals surface area contributed by atoms with E-state index in [1.807, 2.05) is 0 Å². The highest BCUT2D eigenvalue weighted by Gasteiger charge is 2.02. The van der Waals surface area contributed by atoms with Gasteiger partial charge in [-0.2, -0.15) is 15.0 Å². The van der Waals surface area contributed by atoms with Gasteiger partial charge in [-0.25, -0.2) is 16.2 Å². The Morgan fingerprint density at radius 2 is 0.933 bits per heavy atom. The third-order valence-electron chi connectivity index (χ3n) is 1.07. The molecule has 9 nitrogen and oxygen atoms in total. The van der Waals surface area contributed by atoms with Crippen LogP contribution in [0.25, 0.3) is 0 Å². The maximum absolute atomic E-state index is 6.60. The molecule has 0 unspecified atom stereocenters. The Bertz CT molecular complexity index is 425. The number of nitrogens with one attached hydrogen (secondary N) is 3. The van der Waals surface area contributed by atoms with E-state index in [-0.39, 0.29) is 17.8 Å². The van der Waals surface area contributed by atoms with Gasteiger partial charge in [-0.3, -0.25) is 0 Å². The fourth-order valence-corrected chi connectivity index (χ4v) is 0.643. The number of hydrogen-bond acceptors (Lipinski definition) is 9. The first-order chi connectivity index (χ1) is 7.30. The fraction of sp³-hybridized carbons (Fsp3) is 0. The highest BCUT2D eigenvalue weighted by atomic mass is 15.2. The highest BCUT2D eigenvalue weighted by molar-refractivity contribution is 5.50. The molecule has 0 bridgehead atoms. The monoisotopic (exact) mass is 201 g/mol. The summed E-state index contributed by atoms with van der Waals surface area (Å²) in [5, 5.41) is 19.8. The number of aromatic nitrogens is 3. The van der Waals surface area contributed by atoms with Crippen molar-refractivity contribution >= 4 is 35.9 Å². The van der Waals surface area contributed by atoms with Crippen LogP contribution >= 0.6 is 0 Å². The molecule has 0 fully saturated rings. The summed E-state index contributed by atoms with van der Waals surface area (Å²) in [5.74, 6) is -0.408. The molecule has 0 aromatic carbocycles. The van der Waals surface area contributed by atoms with E-state index in [9.17, 15) is 0 Å². The van der Waals surface area contributed by atoms with Gasteiger partial charge in [-0.15, -0.1) is 15.0 Å². The average Bonchev–Trinajstić information content (AvgIpc) is 2.19. The second-order valence-electron chi connectivity index (χ2n) is 1.91. The smallest absolute Gasteiger partial charge is 0.241 e. The standard InChI is InChI=1S/C6H3N9/c7-1-10-4-13-5(11-2-8)15-6(14-4)12-3-9/h7-9H. The lowest BCUT2D eigenvalue weighted by Crippen LogP contribution is -1.86. The zero-order valence-electron chi connectivity index (χ0n) is 7.18. The van der Waals surface area contributed by atoms with Crippen LogP contribution in [0.5, 0.6) is 0 Å². The maximum atomic E-state index is 6.60. The lowest BCUT2D eigenvalue weighted by molar-refractivity contribution is 1.02. The molecule has 0 amide bonds. The Morgan fingerprint density at radius 1 is 0.667 bits per heavy atom. The summed E-state index contributed by atoms with van der Waals surface area (Å²) in [6.07, 6.45) is 0. The summed E-state index contributed by atoms with van der Waals surface area (Å²) in [6.45, 7) is 0. The Morgan fingerprint density at radius 3 is 1.13 bits per heavy atom. The zero-order chi connectivity index (χ0) is 11.1. The molecule has 15 heavy (non-hydrogen) atoms. The van der Waals surface area contributed by atoms with E-state index in [1.54, 1.807) is 18.0 Å². The molecule has 72 valence electrons. The maximum Gasteiger partial charge on any atom is 0.265 e. The first-order valence-electron chi connectivity index (χ1n) is 3.43. The van der Waals surface area contributed by atoms with Gasteiger partial charge in [0.25, 0.3) is 17.8 Å². The van der Waals surface area contributed by atoms with Crippen molar-refractivity contribution in [3.05, 3.63) is 0 Å². The van der Waals surface area contributed by atoms with Crippen LogP contribution in [0, 0.1) is 16.2 Å². The molecule has 0 spiro atoms.